The van der Waals surface area contributed by atoms with Gasteiger partial charge in [-0.3, -0.25) is 0 Å². The first-order valence-electron chi connectivity index (χ1n) is 7.52. The van der Waals surface area contributed by atoms with Crippen molar-refractivity contribution >= 4 is 11.0 Å². The molecular weight excluding hydrogens is 234 g/mol. The van der Waals surface area contributed by atoms with Crippen molar-refractivity contribution in [3.63, 3.8) is 0 Å². The number of hydrogen-bond acceptors (Lipinski definition) is 2. The molecule has 2 aromatic rings. The van der Waals surface area contributed by atoms with Crippen LogP contribution in [0.15, 0.2) is 18.2 Å². The topological polar surface area (TPSA) is 43.8 Å². The molecule has 0 aliphatic heterocycles. The molecule has 0 spiro atoms. The van der Waals surface area contributed by atoms with Crippen LogP contribution in [0.2, 0.25) is 0 Å². The van der Waals surface area contributed by atoms with Gasteiger partial charge in [-0.1, -0.05) is 25.3 Å². The maximum absolute atomic E-state index is 5.73. The molecule has 0 amide bonds. The van der Waals surface area contributed by atoms with Gasteiger partial charge < -0.3 is 10.3 Å². The Balaban J connectivity index is 2.07. The van der Waals surface area contributed by atoms with Gasteiger partial charge >= 0.3 is 0 Å². The lowest BCUT2D eigenvalue weighted by molar-refractivity contribution is 0.419. The summed E-state index contributed by atoms with van der Waals surface area (Å²) in [5.41, 5.74) is 9.28. The quantitative estimate of drug-likeness (QED) is 0.913. The van der Waals surface area contributed by atoms with Gasteiger partial charge in [0.15, 0.2) is 0 Å². The van der Waals surface area contributed by atoms with Crippen LogP contribution in [0.5, 0.6) is 0 Å². The number of nitrogens with zero attached hydrogens (tertiary/aromatic N) is 2. The molecule has 1 aromatic carbocycles. The average Bonchev–Trinajstić information content (AvgIpc) is 2.85. The van der Waals surface area contributed by atoms with Gasteiger partial charge in [0.05, 0.1) is 11.0 Å². The van der Waals surface area contributed by atoms with Crippen molar-refractivity contribution in [3.05, 3.63) is 29.6 Å². The van der Waals surface area contributed by atoms with Crippen molar-refractivity contribution in [2.75, 3.05) is 0 Å². The molecule has 0 radical (unpaired) electrons. The third-order valence-electron chi connectivity index (χ3n) is 4.36. The van der Waals surface area contributed by atoms with Crippen LogP contribution in [0.3, 0.4) is 0 Å². The highest BCUT2D eigenvalue weighted by atomic mass is 15.1. The van der Waals surface area contributed by atoms with E-state index in [2.05, 4.69) is 29.7 Å². The zero-order valence-electron chi connectivity index (χ0n) is 11.7. The number of benzene rings is 1. The van der Waals surface area contributed by atoms with E-state index >= 15 is 0 Å². The summed E-state index contributed by atoms with van der Waals surface area (Å²) in [5, 5.41) is 0. The molecule has 0 atom stereocenters. The van der Waals surface area contributed by atoms with Gasteiger partial charge in [-0.15, -0.1) is 0 Å². The Bertz CT molecular complexity index is 565. The van der Waals surface area contributed by atoms with Gasteiger partial charge in [-0.2, -0.15) is 0 Å². The highest BCUT2D eigenvalue weighted by molar-refractivity contribution is 5.77. The van der Waals surface area contributed by atoms with Crippen LogP contribution >= 0.6 is 0 Å². The predicted octanol–water partition coefficient (Wildman–Crippen LogP) is 3.56. The molecule has 102 valence electrons. The highest BCUT2D eigenvalue weighted by Crippen LogP contribution is 2.34. The number of aromatic nitrogens is 2. The largest absolute Gasteiger partial charge is 0.328 e. The van der Waals surface area contributed by atoms with Crippen LogP contribution in [0.1, 0.15) is 56.3 Å². The first kappa shape index (κ1) is 12.7. The monoisotopic (exact) mass is 257 g/mol. The third kappa shape index (κ3) is 2.27. The molecule has 1 fully saturated rings. The van der Waals surface area contributed by atoms with E-state index in [1.807, 2.05) is 0 Å². The zero-order chi connectivity index (χ0) is 13.2. The van der Waals surface area contributed by atoms with E-state index in [1.165, 1.54) is 49.0 Å². The molecule has 1 aromatic heterocycles. The maximum Gasteiger partial charge on any atom is 0.112 e. The number of fused-ring (bicyclic) bond motifs is 1. The Morgan fingerprint density at radius 2 is 2.05 bits per heavy atom. The summed E-state index contributed by atoms with van der Waals surface area (Å²) in [5.74, 6) is 1.95. The Labute approximate surface area is 114 Å². The molecule has 0 saturated heterocycles. The Morgan fingerprint density at radius 1 is 1.26 bits per heavy atom. The number of hydrogen-bond donors (Lipinski definition) is 1. The second-order valence-corrected chi connectivity index (χ2v) is 5.58. The summed E-state index contributed by atoms with van der Waals surface area (Å²) in [4.78, 5) is 4.92. The first-order chi connectivity index (χ1) is 9.33. The number of rotatable bonds is 3. The fourth-order valence-corrected chi connectivity index (χ4v) is 3.33. The SMILES string of the molecule is CCn1c(C2CCCCC2)nc2cc(CN)ccc21. The van der Waals surface area contributed by atoms with Gasteiger partial charge in [-0.25, -0.2) is 4.98 Å². The number of imidazole rings is 1. The molecule has 0 unspecified atom stereocenters. The van der Waals surface area contributed by atoms with E-state index in [-0.39, 0.29) is 0 Å². The first-order valence-corrected chi connectivity index (χ1v) is 7.52. The van der Waals surface area contributed by atoms with Crippen molar-refractivity contribution in [1.82, 2.24) is 9.55 Å². The van der Waals surface area contributed by atoms with Crippen LogP contribution in [0, 0.1) is 0 Å². The molecule has 1 aliphatic carbocycles. The third-order valence-corrected chi connectivity index (χ3v) is 4.36. The van der Waals surface area contributed by atoms with E-state index in [1.54, 1.807) is 0 Å². The molecule has 3 rings (SSSR count). The minimum absolute atomic E-state index is 0.591. The summed E-state index contributed by atoms with van der Waals surface area (Å²) in [6.07, 6.45) is 6.69. The van der Waals surface area contributed by atoms with Crippen LogP contribution in [0.25, 0.3) is 11.0 Å². The molecule has 3 heteroatoms. The van der Waals surface area contributed by atoms with Crippen molar-refractivity contribution in [2.45, 2.75) is 58.0 Å². The predicted molar refractivity (Wildman–Crippen MR) is 79.1 cm³/mol. The van der Waals surface area contributed by atoms with Crippen LogP contribution in [0.4, 0.5) is 0 Å². The van der Waals surface area contributed by atoms with Gasteiger partial charge in [0, 0.05) is 19.0 Å². The summed E-state index contributed by atoms with van der Waals surface area (Å²) >= 11 is 0. The molecule has 1 saturated carbocycles. The minimum Gasteiger partial charge on any atom is -0.328 e. The fourth-order valence-electron chi connectivity index (χ4n) is 3.33. The van der Waals surface area contributed by atoms with E-state index < -0.39 is 0 Å². The molecule has 1 aliphatic rings. The lowest BCUT2D eigenvalue weighted by atomic mass is 9.88. The summed E-state index contributed by atoms with van der Waals surface area (Å²) in [6.45, 7) is 3.81. The molecule has 1 heterocycles. The van der Waals surface area contributed by atoms with Crippen molar-refractivity contribution in [3.8, 4) is 0 Å². The minimum atomic E-state index is 0.591. The lowest BCUT2D eigenvalue weighted by Crippen LogP contribution is -2.11. The average molecular weight is 257 g/mol. The molecule has 19 heavy (non-hydrogen) atoms. The molecule has 0 bridgehead atoms. The lowest BCUT2D eigenvalue weighted by Gasteiger charge is -2.21. The standard InChI is InChI=1S/C16H23N3/c1-2-19-15-9-8-12(11-17)10-14(15)18-16(19)13-6-4-3-5-7-13/h8-10,13H,2-7,11,17H2,1H3. The van der Waals surface area contributed by atoms with Crippen LogP contribution in [-0.4, -0.2) is 9.55 Å². The smallest absolute Gasteiger partial charge is 0.112 e. The normalized spacial score (nSPS) is 17.2. The zero-order valence-corrected chi connectivity index (χ0v) is 11.7. The summed E-state index contributed by atoms with van der Waals surface area (Å²) in [7, 11) is 0. The van der Waals surface area contributed by atoms with E-state index in [9.17, 15) is 0 Å². The van der Waals surface area contributed by atoms with Gasteiger partial charge in [0.25, 0.3) is 0 Å². The Kier molecular flexibility index (Phi) is 3.56. The summed E-state index contributed by atoms with van der Waals surface area (Å²) < 4.78 is 2.39. The van der Waals surface area contributed by atoms with Crippen molar-refractivity contribution in [1.29, 1.82) is 0 Å². The molecular formula is C16H23N3. The van der Waals surface area contributed by atoms with E-state index in [0.717, 1.165) is 12.1 Å². The molecule has 2 N–H and O–H groups in total. The van der Waals surface area contributed by atoms with Crippen molar-refractivity contribution in [2.24, 2.45) is 5.73 Å². The van der Waals surface area contributed by atoms with E-state index in [4.69, 9.17) is 10.7 Å². The van der Waals surface area contributed by atoms with Crippen molar-refractivity contribution < 1.29 is 0 Å². The van der Waals surface area contributed by atoms with Crippen LogP contribution in [-0.2, 0) is 13.1 Å². The van der Waals surface area contributed by atoms with Crippen LogP contribution < -0.4 is 5.73 Å². The van der Waals surface area contributed by atoms with Gasteiger partial charge in [0.2, 0.25) is 0 Å². The Hall–Kier alpha value is -1.35. The summed E-state index contributed by atoms with van der Waals surface area (Å²) in [6, 6.07) is 6.45. The Morgan fingerprint density at radius 3 is 2.74 bits per heavy atom. The fraction of sp³-hybridized carbons (Fsp3) is 0.562. The second-order valence-electron chi connectivity index (χ2n) is 5.58. The maximum atomic E-state index is 5.73. The van der Waals surface area contributed by atoms with Gasteiger partial charge in [-0.05, 0) is 37.5 Å². The second kappa shape index (κ2) is 5.33. The van der Waals surface area contributed by atoms with Gasteiger partial charge in [0.1, 0.15) is 5.82 Å². The number of nitrogens with two attached hydrogens (primary N) is 1. The van der Waals surface area contributed by atoms with E-state index in [0.29, 0.717) is 12.5 Å². The molecule has 3 nitrogen and oxygen atoms in total. The number of aryl methyl sites for hydroxylation is 1. The highest BCUT2D eigenvalue weighted by Gasteiger charge is 2.21.